The Morgan fingerprint density at radius 2 is 2.05 bits per heavy atom. The van der Waals surface area contributed by atoms with Crippen molar-refractivity contribution in [3.63, 3.8) is 0 Å². The van der Waals surface area contributed by atoms with Crippen LogP contribution in [0.3, 0.4) is 0 Å². The summed E-state index contributed by atoms with van der Waals surface area (Å²) >= 11 is 5.97. The highest BCUT2D eigenvalue weighted by atomic mass is 35.5. The topological polar surface area (TPSA) is 44.9 Å². The second-order valence-electron chi connectivity index (χ2n) is 5.48. The molecule has 3 rings (SSSR count). The van der Waals surface area contributed by atoms with Crippen LogP contribution in [0, 0.1) is 13.8 Å². The largest absolute Gasteiger partial charge is 0.361 e. The zero-order valence-electron chi connectivity index (χ0n) is 12.5. The summed E-state index contributed by atoms with van der Waals surface area (Å²) in [6.07, 6.45) is 2.19. The second-order valence-corrected chi connectivity index (χ2v) is 5.91. The van der Waals surface area contributed by atoms with Crippen molar-refractivity contribution in [1.29, 1.82) is 0 Å². The van der Waals surface area contributed by atoms with Crippen LogP contribution in [0.15, 0.2) is 42.6 Å². The first-order valence-electron chi connectivity index (χ1n) is 7.16. The van der Waals surface area contributed by atoms with E-state index in [0.29, 0.717) is 11.4 Å². The Labute approximate surface area is 134 Å². The molecule has 1 amide bonds. The number of aromatic amines is 1. The minimum Gasteiger partial charge on any atom is -0.361 e. The minimum atomic E-state index is -0.0236. The van der Waals surface area contributed by atoms with Crippen molar-refractivity contribution in [3.05, 3.63) is 64.3 Å². The first kappa shape index (κ1) is 14.7. The molecule has 3 nitrogen and oxygen atoms in total. The van der Waals surface area contributed by atoms with Gasteiger partial charge in [-0.2, -0.15) is 0 Å². The van der Waals surface area contributed by atoms with Gasteiger partial charge < -0.3 is 10.3 Å². The molecular formula is C18H17ClN2O. The summed E-state index contributed by atoms with van der Waals surface area (Å²) in [6.45, 7) is 4.05. The molecular weight excluding hydrogens is 296 g/mol. The Balaban J connectivity index is 1.80. The molecule has 0 radical (unpaired) electrons. The molecule has 2 aromatic carbocycles. The normalized spacial score (nSPS) is 10.9. The van der Waals surface area contributed by atoms with Crippen LogP contribution in [0.1, 0.15) is 16.7 Å². The summed E-state index contributed by atoms with van der Waals surface area (Å²) in [5, 5.41) is 4.70. The smallest absolute Gasteiger partial charge is 0.228 e. The van der Waals surface area contributed by atoms with Crippen LogP contribution in [0.4, 0.5) is 5.69 Å². The van der Waals surface area contributed by atoms with E-state index in [1.165, 1.54) is 5.56 Å². The Hall–Kier alpha value is -2.26. The standard InChI is InChI=1S/C18H17ClN2O/c1-11-4-3-5-16(12(11)2)21-18(22)8-13-10-20-17-9-14(19)6-7-15(13)17/h3-7,9-10,20H,8H2,1-2H3,(H,21,22). The second kappa shape index (κ2) is 5.85. The van der Waals surface area contributed by atoms with E-state index < -0.39 is 0 Å². The number of aryl methyl sites for hydroxylation is 1. The molecule has 1 heterocycles. The average molecular weight is 313 g/mol. The van der Waals surface area contributed by atoms with E-state index in [9.17, 15) is 4.79 Å². The number of nitrogens with one attached hydrogen (secondary N) is 2. The number of H-pyrrole nitrogens is 1. The van der Waals surface area contributed by atoms with Gasteiger partial charge in [0.1, 0.15) is 0 Å². The van der Waals surface area contributed by atoms with Gasteiger partial charge in [-0.15, -0.1) is 0 Å². The lowest BCUT2D eigenvalue weighted by Gasteiger charge is -2.10. The molecule has 0 saturated heterocycles. The quantitative estimate of drug-likeness (QED) is 0.728. The molecule has 0 unspecified atom stereocenters. The molecule has 112 valence electrons. The molecule has 1 aromatic heterocycles. The number of benzene rings is 2. The maximum Gasteiger partial charge on any atom is 0.228 e. The van der Waals surface area contributed by atoms with Gasteiger partial charge in [-0.3, -0.25) is 4.79 Å². The summed E-state index contributed by atoms with van der Waals surface area (Å²) in [5.74, 6) is -0.0236. The maximum atomic E-state index is 12.3. The number of aromatic nitrogens is 1. The number of rotatable bonds is 3. The fourth-order valence-corrected chi connectivity index (χ4v) is 2.73. The van der Waals surface area contributed by atoms with Crippen LogP contribution in [0.5, 0.6) is 0 Å². The lowest BCUT2D eigenvalue weighted by Crippen LogP contribution is -2.15. The third-order valence-corrected chi connectivity index (χ3v) is 4.19. The van der Waals surface area contributed by atoms with Crippen LogP contribution < -0.4 is 5.32 Å². The van der Waals surface area contributed by atoms with Crippen molar-refractivity contribution < 1.29 is 4.79 Å². The van der Waals surface area contributed by atoms with Crippen molar-refractivity contribution >= 4 is 34.1 Å². The first-order valence-corrected chi connectivity index (χ1v) is 7.54. The van der Waals surface area contributed by atoms with Gasteiger partial charge in [0.25, 0.3) is 0 Å². The Morgan fingerprint density at radius 3 is 2.86 bits per heavy atom. The van der Waals surface area contributed by atoms with Gasteiger partial charge in [-0.1, -0.05) is 29.8 Å². The average Bonchev–Trinajstić information content (AvgIpc) is 2.86. The number of halogens is 1. The van der Waals surface area contributed by atoms with Crippen molar-refractivity contribution in [3.8, 4) is 0 Å². The minimum absolute atomic E-state index is 0.0236. The highest BCUT2D eigenvalue weighted by Crippen LogP contribution is 2.23. The van der Waals surface area contributed by atoms with Crippen LogP contribution in [0.25, 0.3) is 10.9 Å². The van der Waals surface area contributed by atoms with E-state index >= 15 is 0 Å². The number of amides is 1. The lowest BCUT2D eigenvalue weighted by molar-refractivity contribution is -0.115. The SMILES string of the molecule is Cc1cccc(NC(=O)Cc2c[nH]c3cc(Cl)ccc23)c1C. The van der Waals surface area contributed by atoms with E-state index in [0.717, 1.165) is 27.7 Å². The summed E-state index contributed by atoms with van der Waals surface area (Å²) in [5.41, 5.74) is 5.05. The highest BCUT2D eigenvalue weighted by Gasteiger charge is 2.10. The van der Waals surface area contributed by atoms with E-state index in [-0.39, 0.29) is 5.91 Å². The molecule has 0 aliphatic heterocycles. The van der Waals surface area contributed by atoms with E-state index in [1.54, 1.807) is 0 Å². The number of hydrogen-bond donors (Lipinski definition) is 2. The fraction of sp³-hybridized carbons (Fsp3) is 0.167. The third kappa shape index (κ3) is 2.85. The van der Waals surface area contributed by atoms with Gasteiger partial charge in [0.2, 0.25) is 5.91 Å². The van der Waals surface area contributed by atoms with Crippen molar-refractivity contribution in [2.75, 3.05) is 5.32 Å². The maximum absolute atomic E-state index is 12.3. The first-order chi connectivity index (χ1) is 10.5. The molecule has 0 aliphatic rings. The zero-order valence-corrected chi connectivity index (χ0v) is 13.3. The van der Waals surface area contributed by atoms with Gasteiger partial charge in [-0.25, -0.2) is 0 Å². The van der Waals surface area contributed by atoms with Gasteiger partial charge in [0, 0.05) is 27.8 Å². The fourth-order valence-electron chi connectivity index (χ4n) is 2.56. The summed E-state index contributed by atoms with van der Waals surface area (Å²) in [6, 6.07) is 11.6. The van der Waals surface area contributed by atoms with Crippen LogP contribution >= 0.6 is 11.6 Å². The van der Waals surface area contributed by atoms with E-state index in [4.69, 9.17) is 11.6 Å². The summed E-state index contributed by atoms with van der Waals surface area (Å²) in [7, 11) is 0. The molecule has 0 saturated carbocycles. The molecule has 3 aromatic rings. The third-order valence-electron chi connectivity index (χ3n) is 3.96. The highest BCUT2D eigenvalue weighted by molar-refractivity contribution is 6.31. The number of hydrogen-bond acceptors (Lipinski definition) is 1. The Kier molecular flexibility index (Phi) is 3.90. The summed E-state index contributed by atoms with van der Waals surface area (Å²) < 4.78 is 0. The van der Waals surface area contributed by atoms with Crippen molar-refractivity contribution in [2.24, 2.45) is 0 Å². The molecule has 22 heavy (non-hydrogen) atoms. The predicted molar refractivity (Wildman–Crippen MR) is 91.6 cm³/mol. The zero-order chi connectivity index (χ0) is 15.7. The Bertz CT molecular complexity index is 851. The van der Waals surface area contributed by atoms with E-state index in [2.05, 4.69) is 10.3 Å². The van der Waals surface area contributed by atoms with E-state index in [1.807, 2.05) is 56.4 Å². The number of fused-ring (bicyclic) bond motifs is 1. The monoisotopic (exact) mass is 312 g/mol. The van der Waals surface area contributed by atoms with Crippen LogP contribution in [0.2, 0.25) is 5.02 Å². The Morgan fingerprint density at radius 1 is 1.23 bits per heavy atom. The number of carbonyl (C=O) groups excluding carboxylic acids is 1. The van der Waals surface area contributed by atoms with Crippen LogP contribution in [-0.4, -0.2) is 10.9 Å². The molecule has 0 aliphatic carbocycles. The molecule has 0 atom stereocenters. The number of anilines is 1. The van der Waals surface area contributed by atoms with Gasteiger partial charge >= 0.3 is 0 Å². The van der Waals surface area contributed by atoms with Crippen molar-refractivity contribution in [1.82, 2.24) is 4.98 Å². The molecule has 0 spiro atoms. The molecule has 0 fully saturated rings. The van der Waals surface area contributed by atoms with Gasteiger partial charge in [-0.05, 0) is 48.7 Å². The molecule has 4 heteroatoms. The predicted octanol–water partition coefficient (Wildman–Crippen LogP) is 4.62. The number of carbonyl (C=O) groups is 1. The lowest BCUT2D eigenvalue weighted by atomic mass is 10.1. The van der Waals surface area contributed by atoms with Gasteiger partial charge in [0.15, 0.2) is 0 Å². The molecule has 2 N–H and O–H groups in total. The summed E-state index contributed by atoms with van der Waals surface area (Å²) in [4.78, 5) is 15.5. The van der Waals surface area contributed by atoms with Gasteiger partial charge in [0.05, 0.1) is 6.42 Å². The molecule has 0 bridgehead atoms. The van der Waals surface area contributed by atoms with Crippen molar-refractivity contribution in [2.45, 2.75) is 20.3 Å². The van der Waals surface area contributed by atoms with Crippen LogP contribution in [-0.2, 0) is 11.2 Å².